The van der Waals surface area contributed by atoms with Crippen LogP contribution in [0.5, 0.6) is 0 Å². The number of nitrogens with zero attached hydrogens (tertiary/aromatic N) is 2. The minimum absolute atomic E-state index is 0.0534. The molecule has 1 aromatic carbocycles. The van der Waals surface area contributed by atoms with Gasteiger partial charge in [-0.15, -0.1) is 0 Å². The molecule has 0 bridgehead atoms. The summed E-state index contributed by atoms with van der Waals surface area (Å²) in [6, 6.07) is 10.3. The van der Waals surface area contributed by atoms with E-state index in [9.17, 15) is 9.59 Å². The van der Waals surface area contributed by atoms with Gasteiger partial charge in [0.05, 0.1) is 0 Å². The Bertz CT molecular complexity index is 746. The minimum Gasteiger partial charge on any atom is -0.444 e. The normalized spacial score (nSPS) is 24.5. The van der Waals surface area contributed by atoms with E-state index in [-0.39, 0.29) is 11.9 Å². The fourth-order valence-corrected chi connectivity index (χ4v) is 5.02. The Morgan fingerprint density at radius 3 is 2.55 bits per heavy atom. The summed E-state index contributed by atoms with van der Waals surface area (Å²) in [5.41, 5.74) is 0.758. The Hall–Kier alpha value is -2.08. The van der Waals surface area contributed by atoms with E-state index in [0.29, 0.717) is 18.3 Å². The van der Waals surface area contributed by atoms with Gasteiger partial charge < -0.3 is 10.1 Å². The largest absolute Gasteiger partial charge is 0.444 e. The Morgan fingerprint density at radius 2 is 1.90 bits per heavy atom. The molecule has 6 heteroatoms. The third-order valence-corrected chi connectivity index (χ3v) is 6.52. The lowest BCUT2D eigenvalue weighted by molar-refractivity contribution is -0.127. The number of likely N-dealkylation sites (N-methyl/N-ethyl adjacent to an activating group) is 1. The van der Waals surface area contributed by atoms with Crippen LogP contribution in [0.3, 0.4) is 0 Å². The van der Waals surface area contributed by atoms with Crippen molar-refractivity contribution in [1.29, 1.82) is 0 Å². The average molecular weight is 430 g/mol. The number of carbonyl (C=O) groups is 2. The first kappa shape index (κ1) is 23.6. The number of rotatable bonds is 7. The van der Waals surface area contributed by atoms with E-state index in [2.05, 4.69) is 40.5 Å². The van der Waals surface area contributed by atoms with E-state index in [4.69, 9.17) is 4.74 Å². The molecule has 6 nitrogen and oxygen atoms in total. The summed E-state index contributed by atoms with van der Waals surface area (Å²) in [6.07, 6.45) is 3.19. The SMILES string of the molecule is CCC[C@@H](C(=O)N[C@@H]1CC[C@H]2CN(Cc3ccccc3)C[C@H]21)N(C)C(=O)OC(C)(C)C. The molecule has 1 aliphatic heterocycles. The van der Waals surface area contributed by atoms with Crippen LogP contribution in [0.1, 0.15) is 58.9 Å². The molecule has 1 saturated carbocycles. The number of ether oxygens (including phenoxy) is 1. The molecule has 4 atom stereocenters. The molecular weight excluding hydrogens is 390 g/mol. The maximum Gasteiger partial charge on any atom is 0.410 e. The Morgan fingerprint density at radius 1 is 1.19 bits per heavy atom. The number of carbonyl (C=O) groups excluding carboxylic acids is 2. The molecule has 1 N–H and O–H groups in total. The standard InChI is InChI=1S/C25H39N3O3/c1-6-10-22(27(5)24(30)31-25(2,3)4)23(29)26-21-14-13-19-16-28(17-20(19)21)15-18-11-8-7-9-12-18/h7-9,11-12,19-22H,6,10,13-17H2,1-5H3,(H,26,29)/t19-,20+,21+,22-/m0/s1. The molecule has 0 radical (unpaired) electrons. The lowest BCUT2D eigenvalue weighted by Crippen LogP contribution is -2.52. The fraction of sp³-hybridized carbons (Fsp3) is 0.680. The topological polar surface area (TPSA) is 61.9 Å². The number of amides is 2. The molecule has 3 rings (SSSR count). The van der Waals surface area contributed by atoms with Gasteiger partial charge in [0.1, 0.15) is 11.6 Å². The molecule has 1 heterocycles. The van der Waals surface area contributed by atoms with Gasteiger partial charge in [-0.05, 0) is 57.4 Å². The number of fused-ring (bicyclic) bond motifs is 1. The van der Waals surface area contributed by atoms with Crippen molar-refractivity contribution in [1.82, 2.24) is 15.1 Å². The van der Waals surface area contributed by atoms with Crippen LogP contribution in [0.25, 0.3) is 0 Å². The summed E-state index contributed by atoms with van der Waals surface area (Å²) in [5, 5.41) is 3.30. The molecule has 0 aromatic heterocycles. The van der Waals surface area contributed by atoms with Crippen LogP contribution in [-0.4, -0.2) is 59.6 Å². The van der Waals surface area contributed by atoms with Crippen molar-refractivity contribution in [3.8, 4) is 0 Å². The van der Waals surface area contributed by atoms with Gasteiger partial charge in [-0.25, -0.2) is 4.79 Å². The van der Waals surface area contributed by atoms with Gasteiger partial charge in [-0.1, -0.05) is 43.7 Å². The highest BCUT2D eigenvalue weighted by Gasteiger charge is 2.44. The van der Waals surface area contributed by atoms with Gasteiger partial charge in [0, 0.05) is 32.7 Å². The highest BCUT2D eigenvalue weighted by atomic mass is 16.6. The van der Waals surface area contributed by atoms with Gasteiger partial charge >= 0.3 is 6.09 Å². The van der Waals surface area contributed by atoms with Crippen LogP contribution >= 0.6 is 0 Å². The molecule has 172 valence electrons. The van der Waals surface area contributed by atoms with Gasteiger partial charge in [0.15, 0.2) is 0 Å². The van der Waals surface area contributed by atoms with E-state index in [1.54, 1.807) is 7.05 Å². The van der Waals surface area contributed by atoms with E-state index in [1.807, 2.05) is 27.7 Å². The highest BCUT2D eigenvalue weighted by Crippen LogP contribution is 2.38. The maximum atomic E-state index is 13.2. The van der Waals surface area contributed by atoms with E-state index < -0.39 is 17.7 Å². The zero-order chi connectivity index (χ0) is 22.6. The van der Waals surface area contributed by atoms with E-state index in [0.717, 1.165) is 38.9 Å². The fourth-order valence-electron chi connectivity index (χ4n) is 5.02. The lowest BCUT2D eigenvalue weighted by Gasteiger charge is -2.31. The third-order valence-electron chi connectivity index (χ3n) is 6.52. The van der Waals surface area contributed by atoms with Gasteiger partial charge in [-0.3, -0.25) is 14.6 Å². The molecule has 1 aliphatic carbocycles. The highest BCUT2D eigenvalue weighted by molar-refractivity contribution is 5.85. The van der Waals surface area contributed by atoms with Crippen molar-refractivity contribution >= 4 is 12.0 Å². The third kappa shape index (κ3) is 6.22. The van der Waals surface area contributed by atoms with Crippen LogP contribution in [0, 0.1) is 11.8 Å². The van der Waals surface area contributed by atoms with Crippen LogP contribution in [0.15, 0.2) is 30.3 Å². The van der Waals surface area contributed by atoms with Crippen molar-refractivity contribution < 1.29 is 14.3 Å². The van der Waals surface area contributed by atoms with Crippen molar-refractivity contribution in [2.75, 3.05) is 20.1 Å². The Balaban J connectivity index is 1.58. The van der Waals surface area contributed by atoms with E-state index >= 15 is 0 Å². The number of hydrogen-bond donors (Lipinski definition) is 1. The number of benzene rings is 1. The quantitative estimate of drug-likeness (QED) is 0.710. The zero-order valence-corrected chi connectivity index (χ0v) is 19.8. The predicted octanol–water partition coefficient (Wildman–Crippen LogP) is 4.05. The summed E-state index contributed by atoms with van der Waals surface area (Å²) >= 11 is 0. The summed E-state index contributed by atoms with van der Waals surface area (Å²) in [7, 11) is 1.67. The second-order valence-corrected chi connectivity index (χ2v) is 10.2. The van der Waals surface area contributed by atoms with E-state index in [1.165, 1.54) is 10.5 Å². The molecular formula is C25H39N3O3. The maximum absolute atomic E-state index is 13.2. The summed E-state index contributed by atoms with van der Waals surface area (Å²) < 4.78 is 5.49. The number of hydrogen-bond acceptors (Lipinski definition) is 4. The van der Waals surface area contributed by atoms with Crippen LogP contribution in [0.2, 0.25) is 0 Å². The van der Waals surface area contributed by atoms with Crippen molar-refractivity contribution in [3.05, 3.63) is 35.9 Å². The van der Waals surface area contributed by atoms with Crippen molar-refractivity contribution in [2.45, 2.75) is 77.6 Å². The van der Waals surface area contributed by atoms with Gasteiger partial charge in [0.2, 0.25) is 5.91 Å². The molecule has 31 heavy (non-hydrogen) atoms. The van der Waals surface area contributed by atoms with Crippen molar-refractivity contribution in [2.24, 2.45) is 11.8 Å². The summed E-state index contributed by atoms with van der Waals surface area (Å²) in [6.45, 7) is 10.6. The zero-order valence-electron chi connectivity index (χ0n) is 19.8. The molecule has 2 fully saturated rings. The number of nitrogens with one attached hydrogen (secondary N) is 1. The van der Waals surface area contributed by atoms with Crippen LogP contribution in [0.4, 0.5) is 4.79 Å². The first-order valence-corrected chi connectivity index (χ1v) is 11.7. The Labute approximate surface area is 187 Å². The second-order valence-electron chi connectivity index (χ2n) is 10.2. The molecule has 1 saturated heterocycles. The van der Waals surface area contributed by atoms with Crippen LogP contribution < -0.4 is 5.32 Å². The lowest BCUT2D eigenvalue weighted by atomic mass is 9.97. The predicted molar refractivity (Wildman–Crippen MR) is 123 cm³/mol. The van der Waals surface area contributed by atoms with Gasteiger partial charge in [0.25, 0.3) is 0 Å². The second kappa shape index (κ2) is 10.0. The first-order chi connectivity index (χ1) is 14.7. The minimum atomic E-state index is -0.580. The Kier molecular flexibility index (Phi) is 7.63. The first-order valence-electron chi connectivity index (χ1n) is 11.7. The van der Waals surface area contributed by atoms with Crippen LogP contribution in [-0.2, 0) is 16.1 Å². The molecule has 0 unspecified atom stereocenters. The van der Waals surface area contributed by atoms with Gasteiger partial charge in [-0.2, -0.15) is 0 Å². The summed E-state index contributed by atoms with van der Waals surface area (Å²) in [4.78, 5) is 29.7. The molecule has 2 aliphatic rings. The molecule has 2 amide bonds. The smallest absolute Gasteiger partial charge is 0.410 e. The monoisotopic (exact) mass is 429 g/mol. The van der Waals surface area contributed by atoms with Crippen molar-refractivity contribution in [3.63, 3.8) is 0 Å². The summed E-state index contributed by atoms with van der Waals surface area (Å²) in [5.74, 6) is 1.08. The molecule has 1 aromatic rings. The molecule has 0 spiro atoms. The average Bonchev–Trinajstić information content (AvgIpc) is 3.26. The number of likely N-dealkylation sites (tertiary alicyclic amines) is 1.